The topological polar surface area (TPSA) is 99.5 Å². The molecule has 0 saturated heterocycles. The van der Waals surface area contributed by atoms with Gasteiger partial charge in [-0.2, -0.15) is 9.78 Å². The van der Waals surface area contributed by atoms with Crippen molar-refractivity contribution >= 4 is 39.0 Å². The summed E-state index contributed by atoms with van der Waals surface area (Å²) in [6, 6.07) is 9.11. The molecule has 1 amide bonds. The van der Waals surface area contributed by atoms with Gasteiger partial charge < -0.3 is 14.8 Å². The normalized spacial score (nSPS) is 10.8. The summed E-state index contributed by atoms with van der Waals surface area (Å²) >= 11 is 0.986. The van der Waals surface area contributed by atoms with Gasteiger partial charge in [0.25, 0.3) is 11.5 Å². The Bertz CT molecular complexity index is 1460. The largest absolute Gasteiger partial charge is 0.497 e. The van der Waals surface area contributed by atoms with E-state index in [9.17, 15) is 23.2 Å². The highest BCUT2D eigenvalue weighted by atomic mass is 32.1. The van der Waals surface area contributed by atoms with Gasteiger partial charge in [-0.05, 0) is 49.4 Å². The number of ether oxygens (including phenoxy) is 2. The fourth-order valence-corrected chi connectivity index (χ4v) is 4.13. The highest BCUT2D eigenvalue weighted by molar-refractivity contribution is 7.16. The van der Waals surface area contributed by atoms with E-state index in [2.05, 4.69) is 10.4 Å². The van der Waals surface area contributed by atoms with Crippen LogP contribution in [0.5, 0.6) is 5.75 Å². The summed E-state index contributed by atoms with van der Waals surface area (Å²) < 4.78 is 38.0. The number of halogens is 2. The summed E-state index contributed by atoms with van der Waals surface area (Å²) in [5.74, 6) is -3.22. The van der Waals surface area contributed by atoms with E-state index in [1.165, 1.54) is 12.5 Å². The maximum absolute atomic E-state index is 13.6. The molecule has 0 fully saturated rings. The van der Waals surface area contributed by atoms with E-state index < -0.39 is 29.1 Å². The van der Waals surface area contributed by atoms with Crippen LogP contribution in [0.15, 0.2) is 52.6 Å². The van der Waals surface area contributed by atoms with Crippen LogP contribution in [0.2, 0.25) is 0 Å². The van der Waals surface area contributed by atoms with Gasteiger partial charge in [-0.3, -0.25) is 9.59 Å². The monoisotopic (exact) mass is 485 g/mol. The molecule has 0 saturated carbocycles. The van der Waals surface area contributed by atoms with Gasteiger partial charge in [0.05, 0.1) is 24.8 Å². The molecule has 0 aliphatic carbocycles. The van der Waals surface area contributed by atoms with Crippen LogP contribution in [0, 0.1) is 11.6 Å². The smallest absolute Gasteiger partial charge is 0.359 e. The number of thiophene rings is 1. The first-order valence-electron chi connectivity index (χ1n) is 9.96. The number of nitrogens with zero attached hydrogens (tertiary/aromatic N) is 2. The average Bonchev–Trinajstić information content (AvgIpc) is 3.25. The van der Waals surface area contributed by atoms with Crippen molar-refractivity contribution in [3.63, 3.8) is 0 Å². The van der Waals surface area contributed by atoms with Crippen molar-refractivity contribution in [3.8, 4) is 11.4 Å². The lowest BCUT2D eigenvalue weighted by atomic mass is 10.2. The van der Waals surface area contributed by atoms with Crippen molar-refractivity contribution in [2.75, 3.05) is 19.0 Å². The zero-order valence-corrected chi connectivity index (χ0v) is 18.7. The Kier molecular flexibility index (Phi) is 6.37. The average molecular weight is 485 g/mol. The third kappa shape index (κ3) is 4.25. The Morgan fingerprint density at radius 1 is 1.12 bits per heavy atom. The number of fused-ring (bicyclic) bond motifs is 1. The molecule has 0 aliphatic rings. The molecule has 1 N–H and O–H groups in total. The van der Waals surface area contributed by atoms with Crippen molar-refractivity contribution in [2.24, 2.45) is 0 Å². The van der Waals surface area contributed by atoms with Crippen molar-refractivity contribution in [1.82, 2.24) is 9.78 Å². The zero-order chi connectivity index (χ0) is 24.4. The molecule has 174 valence electrons. The molecule has 4 rings (SSSR count). The van der Waals surface area contributed by atoms with Gasteiger partial charge in [0.15, 0.2) is 17.3 Å². The third-order valence-electron chi connectivity index (χ3n) is 4.85. The summed E-state index contributed by atoms with van der Waals surface area (Å²) in [7, 11) is 1.50. The molecule has 0 aliphatic heterocycles. The zero-order valence-electron chi connectivity index (χ0n) is 17.9. The molecule has 8 nitrogen and oxygen atoms in total. The van der Waals surface area contributed by atoms with Gasteiger partial charge in [-0.15, -0.1) is 11.3 Å². The molecule has 11 heteroatoms. The van der Waals surface area contributed by atoms with Gasteiger partial charge in [-0.1, -0.05) is 0 Å². The Morgan fingerprint density at radius 3 is 2.50 bits per heavy atom. The quantitative estimate of drug-likeness (QED) is 0.412. The Morgan fingerprint density at radius 2 is 1.85 bits per heavy atom. The van der Waals surface area contributed by atoms with Gasteiger partial charge >= 0.3 is 5.97 Å². The van der Waals surface area contributed by atoms with Crippen LogP contribution in [0.1, 0.15) is 27.8 Å². The molecular formula is C23H17F2N3O5S. The highest BCUT2D eigenvalue weighted by Gasteiger charge is 2.23. The number of methoxy groups -OCH3 is 1. The fourth-order valence-electron chi connectivity index (χ4n) is 3.20. The van der Waals surface area contributed by atoms with E-state index in [1.807, 2.05) is 0 Å². The number of rotatable bonds is 6. The van der Waals surface area contributed by atoms with Crippen LogP contribution >= 0.6 is 11.3 Å². The number of hydrogen-bond acceptors (Lipinski definition) is 7. The lowest BCUT2D eigenvalue weighted by molar-refractivity contribution is 0.0520. The first kappa shape index (κ1) is 23.1. The number of benzene rings is 2. The number of aromatic nitrogens is 2. The molecular weight excluding hydrogens is 468 g/mol. The molecule has 2 aromatic heterocycles. The van der Waals surface area contributed by atoms with Crippen LogP contribution < -0.4 is 15.6 Å². The second-order valence-corrected chi connectivity index (χ2v) is 7.80. The maximum Gasteiger partial charge on any atom is 0.359 e. The van der Waals surface area contributed by atoms with E-state index >= 15 is 0 Å². The highest BCUT2D eigenvalue weighted by Crippen LogP contribution is 2.31. The number of nitrogens with one attached hydrogen (secondary N) is 1. The first-order chi connectivity index (χ1) is 16.3. The summed E-state index contributed by atoms with van der Waals surface area (Å²) in [5, 5.41) is 8.58. The minimum atomic E-state index is -1.18. The van der Waals surface area contributed by atoms with E-state index in [4.69, 9.17) is 9.47 Å². The summed E-state index contributed by atoms with van der Waals surface area (Å²) in [6.07, 6.45) is 0. The van der Waals surface area contributed by atoms with Crippen molar-refractivity contribution in [2.45, 2.75) is 6.92 Å². The third-order valence-corrected chi connectivity index (χ3v) is 5.74. The van der Waals surface area contributed by atoms with Crippen molar-refractivity contribution in [3.05, 3.63) is 81.1 Å². The number of esters is 1. The number of anilines is 1. The lowest BCUT2D eigenvalue weighted by Gasteiger charge is -2.10. The number of amides is 1. The predicted molar refractivity (Wildman–Crippen MR) is 122 cm³/mol. The van der Waals surface area contributed by atoms with Gasteiger partial charge in [-0.25, -0.2) is 13.6 Å². The molecule has 0 bridgehead atoms. The van der Waals surface area contributed by atoms with Crippen molar-refractivity contribution in [1.29, 1.82) is 0 Å². The Balaban J connectivity index is 1.86. The van der Waals surface area contributed by atoms with E-state index in [-0.39, 0.29) is 33.6 Å². The molecule has 4 aromatic rings. The molecule has 34 heavy (non-hydrogen) atoms. The summed E-state index contributed by atoms with van der Waals surface area (Å²) in [6.45, 7) is 1.73. The maximum atomic E-state index is 13.6. The predicted octanol–water partition coefficient (Wildman–Crippen LogP) is 4.16. The number of hydrogen-bond donors (Lipinski definition) is 1. The molecule has 0 atom stereocenters. The second-order valence-electron chi connectivity index (χ2n) is 6.92. The Hall–Kier alpha value is -4.12. The standard InChI is InChI=1S/C23H17F2N3O5S/c1-3-33-23(31)19-15-11-34-21(26-20(29)12-4-9-16(24)17(25)10-12)18(15)22(30)28(27-19)13-5-7-14(32-2)8-6-13/h4-11H,3H2,1-2H3,(H,26,29). The summed E-state index contributed by atoms with van der Waals surface area (Å²) in [4.78, 5) is 38.6. The van der Waals surface area contributed by atoms with Crippen LogP contribution in [-0.4, -0.2) is 35.4 Å². The summed E-state index contributed by atoms with van der Waals surface area (Å²) in [5.41, 5.74) is -0.509. The van der Waals surface area contributed by atoms with Gasteiger partial charge in [0.1, 0.15) is 10.8 Å². The minimum absolute atomic E-state index is 0.0230. The van der Waals surface area contributed by atoms with Crippen LogP contribution in [-0.2, 0) is 4.74 Å². The van der Waals surface area contributed by atoms with Gasteiger partial charge in [0, 0.05) is 16.3 Å². The van der Waals surface area contributed by atoms with Crippen LogP contribution in [0.4, 0.5) is 13.8 Å². The molecule has 2 aromatic carbocycles. The Labute approximate surface area is 195 Å². The minimum Gasteiger partial charge on any atom is -0.497 e. The molecule has 0 radical (unpaired) electrons. The number of carbonyl (C=O) groups is 2. The van der Waals surface area contributed by atoms with Gasteiger partial charge in [0.2, 0.25) is 0 Å². The second kappa shape index (κ2) is 9.40. The lowest BCUT2D eigenvalue weighted by Crippen LogP contribution is -2.25. The molecule has 2 heterocycles. The van der Waals surface area contributed by atoms with Crippen LogP contribution in [0.25, 0.3) is 16.5 Å². The fraction of sp³-hybridized carbons (Fsp3) is 0.130. The van der Waals surface area contributed by atoms with Crippen molar-refractivity contribution < 1.29 is 27.8 Å². The number of carbonyl (C=O) groups excluding carboxylic acids is 2. The molecule has 0 spiro atoms. The van der Waals surface area contributed by atoms with E-state index in [1.54, 1.807) is 31.2 Å². The SMILES string of the molecule is CCOC(=O)c1nn(-c2ccc(OC)cc2)c(=O)c2c(NC(=O)c3ccc(F)c(F)c3)scc12. The molecule has 0 unspecified atom stereocenters. The van der Waals surface area contributed by atoms with E-state index in [0.717, 1.165) is 34.2 Å². The first-order valence-corrected chi connectivity index (χ1v) is 10.8. The van der Waals surface area contributed by atoms with Crippen LogP contribution in [0.3, 0.4) is 0 Å². The van der Waals surface area contributed by atoms with E-state index in [0.29, 0.717) is 11.4 Å².